The van der Waals surface area contributed by atoms with Crippen LogP contribution in [0.15, 0.2) is 47.1 Å². The van der Waals surface area contributed by atoms with Crippen molar-refractivity contribution in [1.29, 1.82) is 0 Å². The maximum Gasteiger partial charge on any atom is 0.250 e. The third kappa shape index (κ3) is 3.93. The predicted octanol–water partition coefficient (Wildman–Crippen LogP) is 3.85. The molecule has 0 unspecified atom stereocenters. The lowest BCUT2D eigenvalue weighted by Gasteiger charge is -2.10. The SMILES string of the molecule is COc1ccccc1CNc1nc(-c2ccco2)nn1C(=O)CC(C)C. The fraction of sp³-hybridized carbons (Fsp3) is 0.316. The largest absolute Gasteiger partial charge is 0.496 e. The molecule has 2 heterocycles. The first-order chi connectivity index (χ1) is 12.6. The average molecular weight is 354 g/mol. The second kappa shape index (κ2) is 7.86. The lowest BCUT2D eigenvalue weighted by atomic mass is 10.1. The van der Waals surface area contributed by atoms with Gasteiger partial charge in [0.15, 0.2) is 5.76 Å². The van der Waals surface area contributed by atoms with Crippen molar-refractivity contribution in [1.82, 2.24) is 14.8 Å². The van der Waals surface area contributed by atoms with Crippen LogP contribution in [0.1, 0.15) is 30.6 Å². The number of hydrogen-bond donors (Lipinski definition) is 1. The minimum atomic E-state index is -0.118. The molecule has 2 aromatic heterocycles. The Balaban J connectivity index is 1.87. The fourth-order valence-electron chi connectivity index (χ4n) is 2.57. The van der Waals surface area contributed by atoms with E-state index in [0.717, 1.165) is 11.3 Å². The minimum Gasteiger partial charge on any atom is -0.496 e. The number of hydrogen-bond acceptors (Lipinski definition) is 6. The van der Waals surface area contributed by atoms with E-state index in [9.17, 15) is 4.79 Å². The number of ether oxygens (including phenoxy) is 1. The molecule has 0 aliphatic rings. The Morgan fingerprint density at radius 2 is 2.08 bits per heavy atom. The molecule has 0 amide bonds. The van der Waals surface area contributed by atoms with Crippen LogP contribution < -0.4 is 10.1 Å². The first-order valence-corrected chi connectivity index (χ1v) is 8.48. The van der Waals surface area contributed by atoms with Crippen molar-refractivity contribution in [3.05, 3.63) is 48.2 Å². The van der Waals surface area contributed by atoms with Crippen LogP contribution in [0.5, 0.6) is 5.75 Å². The summed E-state index contributed by atoms with van der Waals surface area (Å²) in [7, 11) is 1.63. The van der Waals surface area contributed by atoms with Crippen LogP contribution in [-0.4, -0.2) is 27.8 Å². The first kappa shape index (κ1) is 17.7. The van der Waals surface area contributed by atoms with E-state index in [-0.39, 0.29) is 11.8 Å². The number of benzene rings is 1. The van der Waals surface area contributed by atoms with E-state index < -0.39 is 0 Å². The van der Waals surface area contributed by atoms with Gasteiger partial charge in [0, 0.05) is 18.5 Å². The molecule has 0 atom stereocenters. The highest BCUT2D eigenvalue weighted by molar-refractivity contribution is 5.81. The standard InChI is InChI=1S/C19H22N4O3/c1-13(2)11-17(24)23-19(21-18(22-23)16-9-6-10-26-16)20-12-14-7-4-5-8-15(14)25-3/h4-10,13H,11-12H2,1-3H3,(H,20,21,22). The Morgan fingerprint density at radius 3 is 2.77 bits per heavy atom. The number of aromatic nitrogens is 3. The highest BCUT2D eigenvalue weighted by Gasteiger charge is 2.19. The summed E-state index contributed by atoms with van der Waals surface area (Å²) in [5, 5.41) is 7.52. The van der Waals surface area contributed by atoms with Gasteiger partial charge >= 0.3 is 0 Å². The molecule has 3 rings (SSSR count). The van der Waals surface area contributed by atoms with Gasteiger partial charge in [0.25, 0.3) is 0 Å². The third-order valence-electron chi connectivity index (χ3n) is 3.80. The molecule has 0 fully saturated rings. The number of nitrogens with zero attached hydrogens (tertiary/aromatic N) is 3. The topological polar surface area (TPSA) is 82.2 Å². The van der Waals surface area contributed by atoms with Crippen molar-refractivity contribution in [2.45, 2.75) is 26.8 Å². The van der Waals surface area contributed by atoms with E-state index in [1.807, 2.05) is 38.1 Å². The number of para-hydroxylation sites is 1. The highest BCUT2D eigenvalue weighted by atomic mass is 16.5. The summed E-state index contributed by atoms with van der Waals surface area (Å²) in [4.78, 5) is 17.0. The van der Waals surface area contributed by atoms with E-state index in [1.165, 1.54) is 4.68 Å². The van der Waals surface area contributed by atoms with Gasteiger partial charge in [-0.15, -0.1) is 5.10 Å². The molecule has 0 aliphatic carbocycles. The Hall–Kier alpha value is -3.09. The summed E-state index contributed by atoms with van der Waals surface area (Å²) in [5.74, 6) is 2.14. The molecule has 0 radical (unpaired) electrons. The second-order valence-electron chi connectivity index (χ2n) is 6.31. The summed E-state index contributed by atoms with van der Waals surface area (Å²) in [6.07, 6.45) is 1.93. The number of furan rings is 1. The van der Waals surface area contributed by atoms with Crippen LogP contribution in [-0.2, 0) is 6.54 Å². The van der Waals surface area contributed by atoms with Gasteiger partial charge in [-0.2, -0.15) is 9.67 Å². The summed E-state index contributed by atoms with van der Waals surface area (Å²) in [6.45, 7) is 4.43. The van der Waals surface area contributed by atoms with Crippen LogP contribution in [0.25, 0.3) is 11.6 Å². The van der Waals surface area contributed by atoms with Gasteiger partial charge in [-0.25, -0.2) is 0 Å². The van der Waals surface area contributed by atoms with Gasteiger partial charge in [0.05, 0.1) is 13.4 Å². The van der Waals surface area contributed by atoms with Crippen molar-refractivity contribution in [3.8, 4) is 17.3 Å². The molecule has 0 spiro atoms. The normalized spacial score (nSPS) is 10.9. The van der Waals surface area contributed by atoms with Crippen molar-refractivity contribution in [2.75, 3.05) is 12.4 Å². The number of carbonyl (C=O) groups is 1. The maximum absolute atomic E-state index is 12.6. The van der Waals surface area contributed by atoms with Crippen LogP contribution in [0.3, 0.4) is 0 Å². The van der Waals surface area contributed by atoms with Gasteiger partial charge in [-0.3, -0.25) is 4.79 Å². The second-order valence-corrected chi connectivity index (χ2v) is 6.31. The van der Waals surface area contributed by atoms with Crippen molar-refractivity contribution < 1.29 is 13.9 Å². The lowest BCUT2D eigenvalue weighted by Crippen LogP contribution is -2.18. The zero-order valence-electron chi connectivity index (χ0n) is 15.1. The molecular formula is C19H22N4O3. The minimum absolute atomic E-state index is 0.118. The van der Waals surface area contributed by atoms with Gasteiger partial charge in [-0.05, 0) is 24.1 Å². The number of rotatable bonds is 7. The summed E-state index contributed by atoms with van der Waals surface area (Å²) >= 11 is 0. The van der Waals surface area contributed by atoms with E-state index >= 15 is 0 Å². The van der Waals surface area contributed by atoms with E-state index in [1.54, 1.807) is 25.5 Å². The van der Waals surface area contributed by atoms with E-state index in [0.29, 0.717) is 30.5 Å². The summed E-state index contributed by atoms with van der Waals surface area (Å²) < 4.78 is 12.0. The molecule has 0 saturated heterocycles. The monoisotopic (exact) mass is 354 g/mol. The molecule has 0 bridgehead atoms. The maximum atomic E-state index is 12.6. The predicted molar refractivity (Wildman–Crippen MR) is 98.1 cm³/mol. The lowest BCUT2D eigenvalue weighted by molar-refractivity contribution is 0.0873. The first-order valence-electron chi connectivity index (χ1n) is 8.48. The van der Waals surface area contributed by atoms with Gasteiger partial charge < -0.3 is 14.5 Å². The number of methoxy groups -OCH3 is 1. The molecular weight excluding hydrogens is 332 g/mol. The Morgan fingerprint density at radius 1 is 1.27 bits per heavy atom. The quantitative estimate of drug-likeness (QED) is 0.694. The smallest absolute Gasteiger partial charge is 0.250 e. The molecule has 26 heavy (non-hydrogen) atoms. The average Bonchev–Trinajstić information content (AvgIpc) is 3.29. The van der Waals surface area contributed by atoms with Crippen molar-refractivity contribution in [3.63, 3.8) is 0 Å². The molecule has 136 valence electrons. The third-order valence-corrected chi connectivity index (χ3v) is 3.80. The van der Waals surface area contributed by atoms with E-state index in [4.69, 9.17) is 9.15 Å². The Kier molecular flexibility index (Phi) is 5.36. The van der Waals surface area contributed by atoms with Gasteiger partial charge in [0.1, 0.15) is 5.75 Å². The Labute approximate surface area is 152 Å². The van der Waals surface area contributed by atoms with E-state index in [2.05, 4.69) is 15.4 Å². The van der Waals surface area contributed by atoms with Crippen LogP contribution in [0.4, 0.5) is 5.95 Å². The number of nitrogens with one attached hydrogen (secondary N) is 1. The molecule has 0 saturated carbocycles. The molecule has 7 heteroatoms. The van der Waals surface area contributed by atoms with Gasteiger partial charge in [0.2, 0.25) is 17.7 Å². The molecule has 1 N–H and O–H groups in total. The molecule has 3 aromatic rings. The van der Waals surface area contributed by atoms with Crippen molar-refractivity contribution in [2.24, 2.45) is 5.92 Å². The molecule has 7 nitrogen and oxygen atoms in total. The van der Waals surface area contributed by atoms with Crippen molar-refractivity contribution >= 4 is 11.9 Å². The summed E-state index contributed by atoms with van der Waals surface area (Å²) in [6, 6.07) is 11.2. The van der Waals surface area contributed by atoms with Gasteiger partial charge in [-0.1, -0.05) is 32.0 Å². The Bertz CT molecular complexity index is 869. The molecule has 1 aromatic carbocycles. The number of carbonyl (C=O) groups excluding carboxylic acids is 1. The van der Waals surface area contributed by atoms with Crippen LogP contribution in [0.2, 0.25) is 0 Å². The molecule has 0 aliphatic heterocycles. The summed E-state index contributed by atoms with van der Waals surface area (Å²) in [5.41, 5.74) is 0.959. The number of anilines is 1. The van der Waals surface area contributed by atoms with Crippen LogP contribution >= 0.6 is 0 Å². The van der Waals surface area contributed by atoms with Crippen LogP contribution in [0, 0.1) is 5.92 Å². The zero-order chi connectivity index (χ0) is 18.5. The zero-order valence-corrected chi connectivity index (χ0v) is 15.1. The fourth-order valence-corrected chi connectivity index (χ4v) is 2.57. The highest BCUT2D eigenvalue weighted by Crippen LogP contribution is 2.22.